The second kappa shape index (κ2) is 9.57. The minimum Gasteiger partial charge on any atom is -0.423 e. The minimum atomic E-state index is -0.325. The number of nitrogens with zero attached hydrogens (tertiary/aromatic N) is 3. The van der Waals surface area contributed by atoms with Crippen molar-refractivity contribution in [3.63, 3.8) is 0 Å². The first-order valence-corrected chi connectivity index (χ1v) is 11.7. The van der Waals surface area contributed by atoms with Gasteiger partial charge in [0.25, 0.3) is 0 Å². The first kappa shape index (κ1) is 23.3. The Hall–Kier alpha value is -2.83. The van der Waals surface area contributed by atoms with Crippen LogP contribution in [0.1, 0.15) is 59.9 Å². The summed E-state index contributed by atoms with van der Waals surface area (Å²) >= 11 is 0. The van der Waals surface area contributed by atoms with Crippen LogP contribution in [0.15, 0.2) is 42.6 Å². The van der Waals surface area contributed by atoms with Crippen LogP contribution in [0.2, 0.25) is 0 Å². The number of fused-ring (bicyclic) bond motifs is 1. The Balaban J connectivity index is 1.69. The van der Waals surface area contributed by atoms with Crippen molar-refractivity contribution in [2.75, 3.05) is 45.3 Å². The molecule has 33 heavy (non-hydrogen) atoms. The van der Waals surface area contributed by atoms with Gasteiger partial charge in [0.05, 0.1) is 18.8 Å². The molecule has 1 saturated heterocycles. The summed E-state index contributed by atoms with van der Waals surface area (Å²) in [4.78, 5) is 17.8. The number of rotatable bonds is 6. The van der Waals surface area contributed by atoms with E-state index < -0.39 is 0 Å². The van der Waals surface area contributed by atoms with Crippen LogP contribution in [0.4, 0.5) is 5.69 Å². The van der Waals surface area contributed by atoms with Crippen molar-refractivity contribution in [3.8, 4) is 5.75 Å². The summed E-state index contributed by atoms with van der Waals surface area (Å²) in [7, 11) is 4.02. The lowest BCUT2D eigenvalue weighted by molar-refractivity contribution is 0.0187. The van der Waals surface area contributed by atoms with Gasteiger partial charge in [-0.05, 0) is 55.2 Å². The third-order valence-corrected chi connectivity index (χ3v) is 6.65. The van der Waals surface area contributed by atoms with E-state index in [1.165, 1.54) is 5.56 Å². The minimum absolute atomic E-state index is 0.155. The lowest BCUT2D eigenvalue weighted by Crippen LogP contribution is -2.39. The van der Waals surface area contributed by atoms with Crippen molar-refractivity contribution in [1.29, 1.82) is 0 Å². The smallest absolute Gasteiger partial charge is 0.343 e. The Morgan fingerprint density at radius 2 is 1.82 bits per heavy atom. The van der Waals surface area contributed by atoms with E-state index in [4.69, 9.17) is 9.47 Å². The number of pyridine rings is 1. The highest BCUT2D eigenvalue weighted by atomic mass is 16.5. The summed E-state index contributed by atoms with van der Waals surface area (Å²) < 4.78 is 13.6. The van der Waals surface area contributed by atoms with E-state index >= 15 is 0 Å². The fourth-order valence-corrected chi connectivity index (χ4v) is 4.79. The van der Waals surface area contributed by atoms with Gasteiger partial charge in [-0.3, -0.25) is 4.90 Å². The molecule has 0 spiro atoms. The van der Waals surface area contributed by atoms with Gasteiger partial charge in [0, 0.05) is 62.4 Å². The molecule has 4 rings (SSSR count). The van der Waals surface area contributed by atoms with E-state index in [9.17, 15) is 4.79 Å². The molecule has 1 aliphatic heterocycles. The zero-order valence-corrected chi connectivity index (χ0v) is 20.6. The lowest BCUT2D eigenvalue weighted by atomic mass is 10.00. The van der Waals surface area contributed by atoms with Gasteiger partial charge in [-0.1, -0.05) is 19.9 Å². The highest BCUT2D eigenvalue weighted by Gasteiger charge is 2.26. The zero-order chi connectivity index (χ0) is 23.7. The van der Waals surface area contributed by atoms with Gasteiger partial charge in [0.15, 0.2) is 0 Å². The molecule has 1 aliphatic rings. The van der Waals surface area contributed by atoms with Crippen molar-refractivity contribution in [1.82, 2.24) is 9.30 Å². The van der Waals surface area contributed by atoms with E-state index in [-0.39, 0.29) is 12.0 Å². The lowest BCUT2D eigenvalue weighted by Gasteiger charge is -2.34. The highest BCUT2D eigenvalue weighted by Crippen LogP contribution is 2.32. The molecule has 3 heterocycles. The Bertz CT molecular complexity index is 1140. The average Bonchev–Trinajstić information content (AvgIpc) is 3.26. The third-order valence-electron chi connectivity index (χ3n) is 6.65. The number of carbonyl (C=O) groups is 1. The molecule has 176 valence electrons. The molecule has 0 aliphatic carbocycles. The van der Waals surface area contributed by atoms with Gasteiger partial charge >= 0.3 is 5.97 Å². The van der Waals surface area contributed by atoms with Gasteiger partial charge in [0.2, 0.25) is 0 Å². The second-order valence-corrected chi connectivity index (χ2v) is 9.35. The summed E-state index contributed by atoms with van der Waals surface area (Å²) in [5, 5.41) is 0. The third kappa shape index (κ3) is 4.63. The number of hydrogen-bond acceptors (Lipinski definition) is 5. The summed E-state index contributed by atoms with van der Waals surface area (Å²) in [6, 6.07) is 12.0. The second-order valence-electron chi connectivity index (χ2n) is 9.35. The van der Waals surface area contributed by atoms with E-state index in [0.717, 1.165) is 48.8 Å². The maximum Gasteiger partial charge on any atom is 0.343 e. The van der Waals surface area contributed by atoms with Crippen LogP contribution >= 0.6 is 0 Å². The molecule has 1 unspecified atom stereocenters. The first-order chi connectivity index (χ1) is 15.8. The molecular weight excluding hydrogens is 414 g/mol. The number of hydrogen-bond donors (Lipinski definition) is 0. The molecule has 0 radical (unpaired) electrons. The Kier molecular flexibility index (Phi) is 6.77. The van der Waals surface area contributed by atoms with Crippen LogP contribution < -0.4 is 9.64 Å². The van der Waals surface area contributed by atoms with Gasteiger partial charge in [-0.2, -0.15) is 0 Å². The summed E-state index contributed by atoms with van der Waals surface area (Å²) in [6.07, 6.45) is 2.07. The van der Waals surface area contributed by atoms with Crippen molar-refractivity contribution in [3.05, 3.63) is 65.0 Å². The maximum absolute atomic E-state index is 13.4. The Morgan fingerprint density at radius 3 is 2.48 bits per heavy atom. The maximum atomic E-state index is 13.4. The number of carbonyl (C=O) groups excluding carboxylic acids is 1. The van der Waals surface area contributed by atoms with Gasteiger partial charge in [-0.25, -0.2) is 4.79 Å². The van der Waals surface area contributed by atoms with Gasteiger partial charge in [-0.15, -0.1) is 0 Å². The molecule has 2 aromatic heterocycles. The molecule has 0 bridgehead atoms. The number of benzene rings is 1. The Morgan fingerprint density at radius 1 is 1.09 bits per heavy atom. The number of aromatic nitrogens is 1. The average molecular weight is 450 g/mol. The summed E-state index contributed by atoms with van der Waals surface area (Å²) in [5.74, 6) is 0.620. The van der Waals surface area contributed by atoms with Crippen LogP contribution in [0.5, 0.6) is 5.75 Å². The fraction of sp³-hybridized carbons (Fsp3) is 0.444. The summed E-state index contributed by atoms with van der Waals surface area (Å²) in [6.45, 7) is 11.8. The largest absolute Gasteiger partial charge is 0.423 e. The van der Waals surface area contributed by atoms with Crippen LogP contribution in [-0.4, -0.2) is 55.7 Å². The number of ether oxygens (including phenoxy) is 2. The molecule has 3 aromatic rings. The number of morpholine rings is 1. The van der Waals surface area contributed by atoms with Crippen molar-refractivity contribution in [2.24, 2.45) is 0 Å². The molecule has 0 saturated carbocycles. The van der Waals surface area contributed by atoms with Crippen LogP contribution in [0.3, 0.4) is 0 Å². The molecule has 0 N–H and O–H groups in total. The standard InChI is InChI=1S/C27H35N3O3/c1-18(2)23-10-9-22(17-25(23)28(5)6)33-27(31)24-16-21-8-7-11-30(21)26(19(24)3)20(4)29-12-14-32-15-13-29/h7-11,16-18,20H,12-15H2,1-6H3. The van der Waals surface area contributed by atoms with Crippen molar-refractivity contribution >= 4 is 17.2 Å². The first-order valence-electron chi connectivity index (χ1n) is 11.7. The SMILES string of the molecule is Cc1c(C(=O)Oc2ccc(C(C)C)c(N(C)C)c2)cc2cccn2c1C(C)N1CCOCC1. The van der Waals surface area contributed by atoms with Crippen LogP contribution in [0, 0.1) is 6.92 Å². The topological polar surface area (TPSA) is 46.4 Å². The van der Waals surface area contributed by atoms with E-state index in [1.807, 2.05) is 51.4 Å². The van der Waals surface area contributed by atoms with E-state index in [2.05, 4.69) is 47.2 Å². The van der Waals surface area contributed by atoms with Crippen LogP contribution in [0.25, 0.3) is 5.52 Å². The highest BCUT2D eigenvalue weighted by molar-refractivity contribution is 5.94. The number of esters is 1. The predicted octanol–water partition coefficient (Wildman–Crippen LogP) is 5.05. The molecular formula is C27H35N3O3. The summed E-state index contributed by atoms with van der Waals surface area (Å²) in [5.41, 5.74) is 5.97. The molecule has 6 heteroatoms. The number of anilines is 1. The normalized spacial score (nSPS) is 15.7. The van der Waals surface area contributed by atoms with Crippen molar-refractivity contribution < 1.29 is 14.3 Å². The van der Waals surface area contributed by atoms with Gasteiger partial charge in [0.1, 0.15) is 5.75 Å². The quantitative estimate of drug-likeness (QED) is 0.389. The van der Waals surface area contributed by atoms with E-state index in [1.54, 1.807) is 0 Å². The van der Waals surface area contributed by atoms with E-state index in [0.29, 0.717) is 17.2 Å². The monoisotopic (exact) mass is 449 g/mol. The molecule has 0 amide bonds. The van der Waals surface area contributed by atoms with Crippen molar-refractivity contribution in [2.45, 2.75) is 39.7 Å². The molecule has 1 fully saturated rings. The van der Waals surface area contributed by atoms with Gasteiger partial charge < -0.3 is 18.8 Å². The predicted molar refractivity (Wildman–Crippen MR) is 133 cm³/mol. The Labute approximate surface area is 196 Å². The molecule has 1 aromatic carbocycles. The van der Waals surface area contributed by atoms with Crippen LogP contribution in [-0.2, 0) is 4.74 Å². The molecule has 6 nitrogen and oxygen atoms in total. The fourth-order valence-electron chi connectivity index (χ4n) is 4.79. The zero-order valence-electron chi connectivity index (χ0n) is 20.6. The molecule has 1 atom stereocenters.